The second-order valence-corrected chi connectivity index (χ2v) is 9.55. The van der Waals surface area contributed by atoms with E-state index in [9.17, 15) is 10.2 Å². The van der Waals surface area contributed by atoms with E-state index >= 15 is 0 Å². The number of piperazine rings is 1. The molecular formula is C24H31N5O2. The van der Waals surface area contributed by atoms with Gasteiger partial charge in [-0.15, -0.1) is 0 Å². The molecule has 164 valence electrons. The summed E-state index contributed by atoms with van der Waals surface area (Å²) < 4.78 is 1.77. The summed E-state index contributed by atoms with van der Waals surface area (Å²) in [5.74, 6) is 3.39. The van der Waals surface area contributed by atoms with E-state index in [0.717, 1.165) is 62.6 Å². The van der Waals surface area contributed by atoms with Gasteiger partial charge >= 0.3 is 0 Å². The molecule has 5 aliphatic rings. The molecule has 1 saturated carbocycles. The Balaban J connectivity index is 1.03. The molecule has 2 N–H and O–H groups in total. The van der Waals surface area contributed by atoms with Crippen molar-refractivity contribution >= 4 is 5.95 Å². The lowest BCUT2D eigenvalue weighted by Gasteiger charge is -2.51. The van der Waals surface area contributed by atoms with Crippen molar-refractivity contribution in [1.29, 1.82) is 0 Å². The molecule has 1 saturated heterocycles. The molecule has 0 amide bonds. The molecule has 2 aromatic rings. The predicted molar refractivity (Wildman–Crippen MR) is 119 cm³/mol. The van der Waals surface area contributed by atoms with Gasteiger partial charge in [-0.2, -0.15) is 0 Å². The highest BCUT2D eigenvalue weighted by Crippen LogP contribution is 2.64. The van der Waals surface area contributed by atoms with Crippen molar-refractivity contribution in [3.63, 3.8) is 0 Å². The highest BCUT2D eigenvalue weighted by Gasteiger charge is 2.52. The fraction of sp³-hybridized carbons (Fsp3) is 0.583. The molecule has 4 aliphatic carbocycles. The second-order valence-electron chi connectivity index (χ2n) is 9.55. The standard InChI is InChI=1S/C24H31N5O2/c30-22-20-18-6-7-19(17-5-4-16(17)18)21(20)23(31)29(22)11-2-1-10-27-12-14-28(15-13-27)24-25-8-3-9-26-24/h3,6-9,16-19,30-31H,1-2,4-5,10-15H2. The van der Waals surface area contributed by atoms with E-state index in [1.165, 1.54) is 12.8 Å². The Bertz CT molecular complexity index is 936. The summed E-state index contributed by atoms with van der Waals surface area (Å²) in [5.41, 5.74) is 2.04. The number of unbranched alkanes of at least 4 members (excludes halogenated alkanes) is 1. The maximum Gasteiger partial charge on any atom is 0.225 e. The molecule has 31 heavy (non-hydrogen) atoms. The van der Waals surface area contributed by atoms with Crippen molar-refractivity contribution in [1.82, 2.24) is 19.4 Å². The van der Waals surface area contributed by atoms with Crippen LogP contribution in [0.25, 0.3) is 0 Å². The lowest BCUT2D eigenvalue weighted by Crippen LogP contribution is -2.47. The molecule has 1 aliphatic heterocycles. The van der Waals surface area contributed by atoms with Crippen LogP contribution in [0.3, 0.4) is 0 Å². The number of hydrogen-bond donors (Lipinski definition) is 2. The van der Waals surface area contributed by atoms with Gasteiger partial charge in [-0.05, 0) is 50.1 Å². The number of rotatable bonds is 6. The van der Waals surface area contributed by atoms with Crippen LogP contribution < -0.4 is 4.90 Å². The maximum absolute atomic E-state index is 10.9. The molecule has 7 heteroatoms. The number of allylic oxidation sites excluding steroid dienone is 2. The van der Waals surface area contributed by atoms with E-state index in [1.807, 2.05) is 6.07 Å². The summed E-state index contributed by atoms with van der Waals surface area (Å²) in [7, 11) is 0. The lowest BCUT2D eigenvalue weighted by molar-refractivity contribution is 0.114. The first-order valence-corrected chi connectivity index (χ1v) is 11.8. The van der Waals surface area contributed by atoms with Gasteiger partial charge < -0.3 is 15.1 Å². The van der Waals surface area contributed by atoms with Gasteiger partial charge in [0.25, 0.3) is 0 Å². The molecule has 7 nitrogen and oxygen atoms in total. The number of aromatic nitrogens is 3. The van der Waals surface area contributed by atoms with Gasteiger partial charge in [0, 0.05) is 68.1 Å². The Morgan fingerprint density at radius 3 is 1.97 bits per heavy atom. The van der Waals surface area contributed by atoms with Crippen LogP contribution in [0.5, 0.6) is 11.8 Å². The Morgan fingerprint density at radius 1 is 0.806 bits per heavy atom. The maximum atomic E-state index is 10.9. The normalized spacial score (nSPS) is 29.0. The first kappa shape index (κ1) is 19.2. The van der Waals surface area contributed by atoms with E-state index < -0.39 is 0 Å². The van der Waals surface area contributed by atoms with Gasteiger partial charge in [-0.25, -0.2) is 9.97 Å². The van der Waals surface area contributed by atoms with Gasteiger partial charge in [-0.1, -0.05) is 12.2 Å². The summed E-state index contributed by atoms with van der Waals surface area (Å²) in [6.07, 6.45) is 12.7. The molecule has 7 rings (SSSR count). The zero-order valence-corrected chi connectivity index (χ0v) is 17.9. The summed E-state index contributed by atoms with van der Waals surface area (Å²) in [5, 5.41) is 21.9. The average Bonchev–Trinajstić information content (AvgIpc) is 3.04. The third-order valence-corrected chi connectivity index (χ3v) is 8.09. The molecule has 0 spiro atoms. The van der Waals surface area contributed by atoms with Crippen molar-refractivity contribution in [2.24, 2.45) is 11.8 Å². The van der Waals surface area contributed by atoms with Gasteiger partial charge in [0.1, 0.15) is 0 Å². The fourth-order valence-corrected chi connectivity index (χ4v) is 6.32. The van der Waals surface area contributed by atoms with Crippen LogP contribution in [-0.4, -0.2) is 62.4 Å². The van der Waals surface area contributed by atoms with Gasteiger partial charge in [0.2, 0.25) is 5.95 Å². The van der Waals surface area contributed by atoms with Crippen molar-refractivity contribution in [2.45, 2.75) is 44.1 Å². The van der Waals surface area contributed by atoms with Crippen molar-refractivity contribution in [2.75, 3.05) is 37.6 Å². The Labute approximate surface area is 183 Å². The quantitative estimate of drug-likeness (QED) is 0.551. The Kier molecular flexibility index (Phi) is 4.67. The van der Waals surface area contributed by atoms with E-state index in [-0.39, 0.29) is 0 Å². The minimum Gasteiger partial charge on any atom is -0.494 e. The number of anilines is 1. The summed E-state index contributed by atoms with van der Waals surface area (Å²) in [4.78, 5) is 13.4. The SMILES string of the molecule is Oc1c2c(c(O)n1CCCCN1CCN(c3ncccn3)CC1)C1C=CC2C2CCC12. The highest BCUT2D eigenvalue weighted by molar-refractivity contribution is 5.58. The third-order valence-electron chi connectivity index (χ3n) is 8.09. The van der Waals surface area contributed by atoms with E-state index in [1.54, 1.807) is 17.0 Å². The second kappa shape index (κ2) is 7.55. The fourth-order valence-electron chi connectivity index (χ4n) is 6.32. The van der Waals surface area contributed by atoms with Crippen LogP contribution in [0.15, 0.2) is 30.6 Å². The Hall–Kier alpha value is -2.54. The molecule has 2 aromatic heterocycles. The summed E-state index contributed by atoms with van der Waals surface area (Å²) in [6.45, 7) is 5.66. The molecule has 3 heterocycles. The summed E-state index contributed by atoms with van der Waals surface area (Å²) in [6, 6.07) is 1.85. The summed E-state index contributed by atoms with van der Waals surface area (Å²) >= 11 is 0. The molecular weight excluding hydrogens is 390 g/mol. The van der Waals surface area contributed by atoms with E-state index in [2.05, 4.69) is 31.9 Å². The zero-order chi connectivity index (χ0) is 20.9. The third kappa shape index (κ3) is 3.04. The Morgan fingerprint density at radius 2 is 1.39 bits per heavy atom. The predicted octanol–water partition coefficient (Wildman–Crippen LogP) is 3.07. The van der Waals surface area contributed by atoms with Crippen molar-refractivity contribution in [3.05, 3.63) is 41.7 Å². The van der Waals surface area contributed by atoms with Crippen LogP contribution in [-0.2, 0) is 6.54 Å². The largest absolute Gasteiger partial charge is 0.494 e. The van der Waals surface area contributed by atoms with Crippen LogP contribution in [0.4, 0.5) is 5.95 Å². The van der Waals surface area contributed by atoms with Gasteiger partial charge in [0.15, 0.2) is 11.8 Å². The molecule has 0 aromatic carbocycles. The average molecular weight is 422 g/mol. The topological polar surface area (TPSA) is 77.7 Å². The molecule has 4 atom stereocenters. The van der Waals surface area contributed by atoms with Crippen molar-refractivity contribution < 1.29 is 10.2 Å². The number of nitrogens with zero attached hydrogens (tertiary/aromatic N) is 5. The number of hydrogen-bond acceptors (Lipinski definition) is 6. The van der Waals surface area contributed by atoms with Crippen LogP contribution in [0, 0.1) is 11.8 Å². The van der Waals surface area contributed by atoms with Crippen LogP contribution in [0.2, 0.25) is 0 Å². The van der Waals surface area contributed by atoms with Crippen LogP contribution in [0.1, 0.15) is 48.6 Å². The molecule has 2 bridgehead atoms. The zero-order valence-electron chi connectivity index (χ0n) is 17.9. The first-order chi connectivity index (χ1) is 15.2. The van der Waals surface area contributed by atoms with E-state index in [0.29, 0.717) is 42.0 Å². The minimum atomic E-state index is 0.302. The van der Waals surface area contributed by atoms with Crippen molar-refractivity contribution in [3.8, 4) is 11.8 Å². The molecule has 2 fully saturated rings. The monoisotopic (exact) mass is 421 g/mol. The van der Waals surface area contributed by atoms with Gasteiger partial charge in [0.05, 0.1) is 0 Å². The first-order valence-electron chi connectivity index (χ1n) is 11.8. The molecule has 0 radical (unpaired) electrons. The minimum absolute atomic E-state index is 0.302. The number of aromatic hydroxyl groups is 2. The lowest BCUT2D eigenvalue weighted by atomic mass is 9.52. The van der Waals surface area contributed by atoms with E-state index in [4.69, 9.17) is 0 Å². The molecule has 4 unspecified atom stereocenters. The smallest absolute Gasteiger partial charge is 0.225 e. The van der Waals surface area contributed by atoms with Crippen LogP contribution >= 0.6 is 0 Å². The highest BCUT2D eigenvalue weighted by atomic mass is 16.3. The van der Waals surface area contributed by atoms with Gasteiger partial charge in [-0.3, -0.25) is 9.47 Å².